The van der Waals surface area contributed by atoms with Gasteiger partial charge in [0.25, 0.3) is 11.5 Å². The first-order valence-corrected chi connectivity index (χ1v) is 10.0. The maximum Gasteiger partial charge on any atom is 0.272 e. The second-order valence-corrected chi connectivity index (χ2v) is 7.44. The molecule has 0 atom stereocenters. The van der Waals surface area contributed by atoms with E-state index in [2.05, 4.69) is 20.1 Å². The predicted molar refractivity (Wildman–Crippen MR) is 112 cm³/mol. The Kier molecular flexibility index (Phi) is 5.71. The topological polar surface area (TPSA) is 89.2 Å². The number of aromatic nitrogens is 5. The molecule has 0 N–H and O–H groups in total. The summed E-state index contributed by atoms with van der Waals surface area (Å²) in [5, 5.41) is 8.76. The fourth-order valence-electron chi connectivity index (χ4n) is 3.67. The number of hydrogen-bond donors (Lipinski definition) is 0. The second-order valence-electron chi connectivity index (χ2n) is 7.44. The predicted octanol–water partition coefficient (Wildman–Crippen LogP) is 0.805. The lowest BCUT2D eigenvalue weighted by Gasteiger charge is -2.34. The highest BCUT2D eigenvalue weighted by molar-refractivity contribution is 5.92. The van der Waals surface area contributed by atoms with Crippen molar-refractivity contribution in [3.05, 3.63) is 64.5 Å². The molecule has 9 heteroatoms. The Hall–Kier alpha value is -3.33. The number of aryl methyl sites for hydroxylation is 2. The minimum absolute atomic E-state index is 0.0145. The smallest absolute Gasteiger partial charge is 0.272 e. The summed E-state index contributed by atoms with van der Waals surface area (Å²) in [5.74, 6) is 0.0145. The van der Waals surface area contributed by atoms with E-state index in [0.29, 0.717) is 31.9 Å². The van der Waals surface area contributed by atoms with Crippen LogP contribution in [0.3, 0.4) is 0 Å². The minimum Gasteiger partial charge on any atom is -0.335 e. The minimum atomic E-state index is -0.117. The van der Waals surface area contributed by atoms with Gasteiger partial charge in [0.05, 0.1) is 17.9 Å². The molecule has 0 radical (unpaired) electrons. The van der Waals surface area contributed by atoms with Gasteiger partial charge < -0.3 is 4.90 Å². The normalized spacial score (nSPS) is 14.8. The summed E-state index contributed by atoms with van der Waals surface area (Å²) in [7, 11) is 1.79. The Balaban J connectivity index is 1.34. The molecule has 4 heterocycles. The van der Waals surface area contributed by atoms with Crippen molar-refractivity contribution in [3.8, 4) is 11.3 Å². The third-order valence-electron chi connectivity index (χ3n) is 5.35. The van der Waals surface area contributed by atoms with Crippen LogP contribution in [-0.4, -0.2) is 73.0 Å². The van der Waals surface area contributed by atoms with Gasteiger partial charge in [0.15, 0.2) is 0 Å². The molecule has 4 rings (SSSR count). The summed E-state index contributed by atoms with van der Waals surface area (Å²) < 4.78 is 3.14. The van der Waals surface area contributed by atoms with Crippen molar-refractivity contribution < 1.29 is 4.79 Å². The molecule has 1 fully saturated rings. The lowest BCUT2D eigenvalue weighted by molar-refractivity contribution is 0.0621. The molecule has 1 amide bonds. The number of carbonyl (C=O) groups excluding carboxylic acids is 1. The first kappa shape index (κ1) is 20.0. The molecular formula is C21H25N7O2. The zero-order valence-electron chi connectivity index (χ0n) is 17.2. The van der Waals surface area contributed by atoms with Gasteiger partial charge in [0, 0.05) is 63.8 Å². The van der Waals surface area contributed by atoms with E-state index in [1.165, 1.54) is 4.68 Å². The molecule has 0 unspecified atom stereocenters. The Labute approximate surface area is 174 Å². The van der Waals surface area contributed by atoms with Gasteiger partial charge >= 0.3 is 0 Å². The van der Waals surface area contributed by atoms with Crippen LogP contribution in [0, 0.1) is 6.92 Å². The number of hydrogen-bond acceptors (Lipinski definition) is 6. The molecule has 30 heavy (non-hydrogen) atoms. The van der Waals surface area contributed by atoms with Crippen molar-refractivity contribution in [1.82, 2.24) is 34.3 Å². The molecular weight excluding hydrogens is 382 g/mol. The SMILES string of the molecule is Cc1cc(C(=O)N2CCN(CCn3nc(-c4ccncc4)ccc3=O)CC2)n(C)n1. The van der Waals surface area contributed by atoms with Gasteiger partial charge in [0.1, 0.15) is 5.69 Å². The molecule has 1 saturated heterocycles. The Bertz CT molecular complexity index is 1080. The van der Waals surface area contributed by atoms with Crippen molar-refractivity contribution in [2.24, 2.45) is 7.05 Å². The zero-order valence-corrected chi connectivity index (χ0v) is 17.2. The van der Waals surface area contributed by atoms with Crippen molar-refractivity contribution in [1.29, 1.82) is 0 Å². The average molecular weight is 407 g/mol. The number of piperazine rings is 1. The van der Waals surface area contributed by atoms with E-state index in [9.17, 15) is 9.59 Å². The quantitative estimate of drug-likeness (QED) is 0.622. The van der Waals surface area contributed by atoms with Crippen molar-refractivity contribution >= 4 is 5.91 Å². The van der Waals surface area contributed by atoms with E-state index in [0.717, 1.165) is 30.0 Å². The van der Waals surface area contributed by atoms with Crippen LogP contribution in [-0.2, 0) is 13.6 Å². The van der Waals surface area contributed by atoms with Crippen LogP contribution in [0.15, 0.2) is 47.5 Å². The Morgan fingerprint density at radius 2 is 1.73 bits per heavy atom. The van der Waals surface area contributed by atoms with Gasteiger partial charge in [-0.15, -0.1) is 0 Å². The number of pyridine rings is 1. The Morgan fingerprint density at radius 1 is 1.00 bits per heavy atom. The van der Waals surface area contributed by atoms with E-state index >= 15 is 0 Å². The number of nitrogens with zero attached hydrogens (tertiary/aromatic N) is 7. The number of amides is 1. The standard InChI is InChI=1S/C21H25N7O2/c1-16-15-19(25(2)23-16)21(30)27-12-9-26(10-13-27)11-14-28-20(29)4-3-18(24-28)17-5-7-22-8-6-17/h3-8,15H,9-14H2,1-2H3. The third-order valence-corrected chi connectivity index (χ3v) is 5.35. The lowest BCUT2D eigenvalue weighted by Crippen LogP contribution is -2.50. The molecule has 0 aliphatic carbocycles. The highest BCUT2D eigenvalue weighted by Gasteiger charge is 2.24. The van der Waals surface area contributed by atoms with Gasteiger partial charge in [-0.2, -0.15) is 10.2 Å². The van der Waals surface area contributed by atoms with E-state index in [1.54, 1.807) is 36.3 Å². The van der Waals surface area contributed by atoms with Crippen LogP contribution in [0.1, 0.15) is 16.2 Å². The number of rotatable bonds is 5. The van der Waals surface area contributed by atoms with Gasteiger partial charge in [-0.25, -0.2) is 4.68 Å². The lowest BCUT2D eigenvalue weighted by atomic mass is 10.2. The maximum absolute atomic E-state index is 12.7. The summed E-state index contributed by atoms with van der Waals surface area (Å²) in [5.41, 5.74) is 3.01. The molecule has 0 saturated carbocycles. The highest BCUT2D eigenvalue weighted by Crippen LogP contribution is 2.13. The van der Waals surface area contributed by atoms with Crippen LogP contribution in [0.2, 0.25) is 0 Å². The van der Waals surface area contributed by atoms with Gasteiger partial charge in [-0.1, -0.05) is 0 Å². The largest absolute Gasteiger partial charge is 0.335 e. The van der Waals surface area contributed by atoms with E-state index in [1.807, 2.05) is 30.0 Å². The van der Waals surface area contributed by atoms with E-state index < -0.39 is 0 Å². The van der Waals surface area contributed by atoms with Crippen molar-refractivity contribution in [3.63, 3.8) is 0 Å². The molecule has 3 aromatic heterocycles. The third kappa shape index (κ3) is 4.30. The van der Waals surface area contributed by atoms with Crippen molar-refractivity contribution in [2.75, 3.05) is 32.7 Å². The van der Waals surface area contributed by atoms with Crippen LogP contribution >= 0.6 is 0 Å². The summed E-state index contributed by atoms with van der Waals surface area (Å²) in [4.78, 5) is 33.1. The first-order valence-electron chi connectivity index (χ1n) is 10.0. The Morgan fingerprint density at radius 3 is 2.40 bits per heavy atom. The monoisotopic (exact) mass is 407 g/mol. The van der Waals surface area contributed by atoms with E-state index in [-0.39, 0.29) is 11.5 Å². The summed E-state index contributed by atoms with van der Waals surface area (Å²) in [6.45, 7) is 5.94. The maximum atomic E-state index is 12.7. The summed E-state index contributed by atoms with van der Waals surface area (Å²) >= 11 is 0. The van der Waals surface area contributed by atoms with Gasteiger partial charge in [-0.05, 0) is 31.2 Å². The number of carbonyl (C=O) groups is 1. The molecule has 1 aliphatic rings. The molecule has 156 valence electrons. The first-order chi connectivity index (χ1) is 14.5. The van der Waals surface area contributed by atoms with Crippen LogP contribution in [0.4, 0.5) is 0 Å². The van der Waals surface area contributed by atoms with Gasteiger partial charge in [0.2, 0.25) is 0 Å². The molecule has 0 aromatic carbocycles. The average Bonchev–Trinajstić information content (AvgIpc) is 3.11. The van der Waals surface area contributed by atoms with Crippen molar-refractivity contribution in [2.45, 2.75) is 13.5 Å². The van der Waals surface area contributed by atoms with Crippen LogP contribution < -0.4 is 5.56 Å². The molecule has 0 spiro atoms. The summed E-state index contributed by atoms with van der Waals surface area (Å²) in [6, 6.07) is 8.85. The molecule has 9 nitrogen and oxygen atoms in total. The van der Waals surface area contributed by atoms with Crippen LogP contribution in [0.25, 0.3) is 11.3 Å². The molecule has 3 aromatic rings. The van der Waals surface area contributed by atoms with Gasteiger partial charge in [-0.3, -0.25) is 24.2 Å². The molecule has 0 bridgehead atoms. The second kappa shape index (κ2) is 8.58. The zero-order chi connectivity index (χ0) is 21.1. The van der Waals surface area contributed by atoms with Crippen LogP contribution in [0.5, 0.6) is 0 Å². The fraction of sp³-hybridized carbons (Fsp3) is 0.381. The summed E-state index contributed by atoms with van der Waals surface area (Å²) in [6.07, 6.45) is 3.42. The fourth-order valence-corrected chi connectivity index (χ4v) is 3.67. The molecule has 1 aliphatic heterocycles. The highest BCUT2D eigenvalue weighted by atomic mass is 16.2. The van der Waals surface area contributed by atoms with E-state index in [4.69, 9.17) is 0 Å².